The van der Waals surface area contributed by atoms with E-state index in [1.54, 1.807) is 10.9 Å². The van der Waals surface area contributed by atoms with Gasteiger partial charge in [0.2, 0.25) is 0 Å². The highest BCUT2D eigenvalue weighted by atomic mass is 16.8. The summed E-state index contributed by atoms with van der Waals surface area (Å²) < 4.78 is 19.8. The number of nitrogens with zero attached hydrogens (tertiary/aromatic N) is 4. The number of ether oxygens (including phenoxy) is 3. The molecule has 124 valence electrons. The van der Waals surface area contributed by atoms with E-state index in [1.165, 1.54) is 6.33 Å². The molecule has 2 aromatic heterocycles. The number of imidazole rings is 1. The van der Waals surface area contributed by atoms with Crippen molar-refractivity contribution >= 4 is 17.0 Å². The first-order valence-electron chi connectivity index (χ1n) is 7.55. The van der Waals surface area contributed by atoms with E-state index in [2.05, 4.69) is 15.0 Å². The van der Waals surface area contributed by atoms with Crippen LogP contribution in [-0.2, 0) is 14.2 Å². The molecule has 4 heterocycles. The lowest BCUT2D eigenvalue weighted by Crippen LogP contribution is -2.30. The van der Waals surface area contributed by atoms with Crippen molar-refractivity contribution in [3.8, 4) is 0 Å². The fraction of sp³-hybridized carbons (Fsp3) is 0.643. The van der Waals surface area contributed by atoms with Crippen LogP contribution < -0.4 is 5.73 Å². The van der Waals surface area contributed by atoms with E-state index in [4.69, 9.17) is 19.9 Å². The summed E-state index contributed by atoms with van der Waals surface area (Å²) in [6.45, 7) is 3.75. The van der Waals surface area contributed by atoms with E-state index in [0.717, 1.165) is 0 Å². The monoisotopic (exact) mass is 321 g/mol. The van der Waals surface area contributed by atoms with Gasteiger partial charge in [0.25, 0.3) is 0 Å². The Kier molecular flexibility index (Phi) is 3.27. The largest absolute Gasteiger partial charge is 0.396 e. The Labute approximate surface area is 132 Å². The average molecular weight is 321 g/mol. The Morgan fingerprint density at radius 1 is 1.26 bits per heavy atom. The predicted molar refractivity (Wildman–Crippen MR) is 79.2 cm³/mol. The predicted octanol–water partition coefficient (Wildman–Crippen LogP) is 0.208. The molecule has 9 nitrogen and oxygen atoms in total. The second-order valence-electron chi connectivity index (χ2n) is 6.23. The molecular formula is C14H19N5O4. The molecule has 0 amide bonds. The number of anilines is 1. The standard InChI is InChI=1S/C14H19N5O4/c1-14(2)22-9-7(3-4-20)21-13(10(9)23-14)19-6-18-8-11(15)16-5-17-12(8)19/h5-7,9-10,13,20H,3-4H2,1-2H3,(H2,15,16,17)/t7-,9-,10-,13-/m1/s1. The van der Waals surface area contributed by atoms with Gasteiger partial charge in [-0.2, -0.15) is 0 Å². The first kappa shape index (κ1) is 14.8. The summed E-state index contributed by atoms with van der Waals surface area (Å²) in [4.78, 5) is 12.5. The maximum Gasteiger partial charge on any atom is 0.167 e. The molecule has 2 aromatic rings. The van der Waals surface area contributed by atoms with E-state index >= 15 is 0 Å². The summed E-state index contributed by atoms with van der Waals surface area (Å²) >= 11 is 0. The molecule has 0 unspecified atom stereocenters. The molecule has 2 aliphatic heterocycles. The highest BCUT2D eigenvalue weighted by Crippen LogP contribution is 2.44. The zero-order chi connectivity index (χ0) is 16.2. The molecule has 23 heavy (non-hydrogen) atoms. The first-order chi connectivity index (χ1) is 11.0. The molecule has 2 saturated heterocycles. The van der Waals surface area contributed by atoms with E-state index in [9.17, 15) is 5.11 Å². The number of nitrogen functional groups attached to an aromatic ring is 1. The van der Waals surface area contributed by atoms with Gasteiger partial charge < -0.3 is 25.1 Å². The van der Waals surface area contributed by atoms with Gasteiger partial charge in [0, 0.05) is 6.61 Å². The number of aliphatic hydroxyl groups is 1. The number of hydrogen-bond acceptors (Lipinski definition) is 8. The van der Waals surface area contributed by atoms with Gasteiger partial charge in [-0.15, -0.1) is 0 Å². The number of rotatable bonds is 3. The summed E-state index contributed by atoms with van der Waals surface area (Å²) in [6.07, 6.45) is 2.22. The van der Waals surface area contributed by atoms with E-state index < -0.39 is 12.0 Å². The van der Waals surface area contributed by atoms with Gasteiger partial charge in [0.1, 0.15) is 24.1 Å². The van der Waals surface area contributed by atoms with Crippen molar-refractivity contribution in [2.75, 3.05) is 12.3 Å². The maximum absolute atomic E-state index is 9.27. The molecule has 0 aliphatic carbocycles. The van der Waals surface area contributed by atoms with Crippen LogP contribution in [0.4, 0.5) is 5.82 Å². The Balaban J connectivity index is 1.74. The van der Waals surface area contributed by atoms with Gasteiger partial charge in [0.15, 0.2) is 23.5 Å². The first-order valence-corrected chi connectivity index (χ1v) is 7.55. The number of aromatic nitrogens is 4. The zero-order valence-electron chi connectivity index (χ0n) is 12.9. The number of aliphatic hydroxyl groups excluding tert-OH is 1. The normalized spacial score (nSPS) is 32.5. The molecule has 0 spiro atoms. The lowest BCUT2D eigenvalue weighted by atomic mass is 10.1. The van der Waals surface area contributed by atoms with E-state index in [0.29, 0.717) is 23.4 Å². The van der Waals surface area contributed by atoms with Gasteiger partial charge in [-0.25, -0.2) is 15.0 Å². The van der Waals surface area contributed by atoms with E-state index in [-0.39, 0.29) is 24.9 Å². The number of hydrogen-bond donors (Lipinski definition) is 2. The maximum atomic E-state index is 9.27. The quantitative estimate of drug-likeness (QED) is 0.823. The third-order valence-corrected chi connectivity index (χ3v) is 4.20. The third kappa shape index (κ3) is 2.27. The minimum absolute atomic E-state index is 0.0180. The summed E-state index contributed by atoms with van der Waals surface area (Å²) in [7, 11) is 0. The second kappa shape index (κ2) is 5.10. The van der Waals surface area contributed by atoms with Crippen LogP contribution in [0.25, 0.3) is 11.2 Å². The molecule has 2 fully saturated rings. The number of fused-ring (bicyclic) bond motifs is 2. The molecular weight excluding hydrogens is 302 g/mol. The third-order valence-electron chi connectivity index (χ3n) is 4.20. The van der Waals surface area contributed by atoms with E-state index in [1.807, 2.05) is 13.8 Å². The van der Waals surface area contributed by atoms with Crippen LogP contribution in [0, 0.1) is 0 Å². The van der Waals surface area contributed by atoms with Gasteiger partial charge in [-0.05, 0) is 20.3 Å². The van der Waals surface area contributed by atoms with Gasteiger partial charge >= 0.3 is 0 Å². The minimum atomic E-state index is -0.699. The van der Waals surface area contributed by atoms with Crippen molar-refractivity contribution in [2.24, 2.45) is 0 Å². The van der Waals surface area contributed by atoms with Crippen LogP contribution in [-0.4, -0.2) is 55.3 Å². The average Bonchev–Trinajstić information content (AvgIpc) is 3.13. The highest BCUT2D eigenvalue weighted by Gasteiger charge is 2.55. The summed E-state index contributed by atoms with van der Waals surface area (Å²) in [5, 5.41) is 9.27. The smallest absolute Gasteiger partial charge is 0.167 e. The summed E-state index contributed by atoms with van der Waals surface area (Å²) in [5.41, 5.74) is 6.94. The second-order valence-corrected chi connectivity index (χ2v) is 6.23. The van der Waals surface area contributed by atoms with Crippen molar-refractivity contribution < 1.29 is 19.3 Å². The van der Waals surface area contributed by atoms with Crippen LogP contribution in [0.3, 0.4) is 0 Å². The molecule has 4 atom stereocenters. The van der Waals surface area contributed by atoms with Crippen LogP contribution in [0.15, 0.2) is 12.7 Å². The fourth-order valence-corrected chi connectivity index (χ4v) is 3.30. The van der Waals surface area contributed by atoms with Gasteiger partial charge in [-0.1, -0.05) is 0 Å². The highest BCUT2D eigenvalue weighted by molar-refractivity contribution is 5.81. The molecule has 2 aliphatic rings. The Morgan fingerprint density at radius 2 is 2.04 bits per heavy atom. The topological polar surface area (TPSA) is 118 Å². The van der Waals surface area contributed by atoms with Crippen molar-refractivity contribution in [3.05, 3.63) is 12.7 Å². The molecule has 0 saturated carbocycles. The fourth-order valence-electron chi connectivity index (χ4n) is 3.30. The van der Waals surface area contributed by atoms with Crippen molar-refractivity contribution in [1.82, 2.24) is 19.5 Å². The zero-order valence-corrected chi connectivity index (χ0v) is 12.9. The lowest BCUT2D eigenvalue weighted by molar-refractivity contribution is -0.197. The molecule has 0 radical (unpaired) electrons. The summed E-state index contributed by atoms with van der Waals surface area (Å²) in [5.74, 6) is -0.380. The number of nitrogens with two attached hydrogens (primary N) is 1. The van der Waals surface area contributed by atoms with Crippen LogP contribution >= 0.6 is 0 Å². The van der Waals surface area contributed by atoms with Crippen LogP contribution in [0.2, 0.25) is 0 Å². The Morgan fingerprint density at radius 3 is 2.83 bits per heavy atom. The van der Waals surface area contributed by atoms with Crippen molar-refractivity contribution in [3.63, 3.8) is 0 Å². The SMILES string of the molecule is CC1(C)O[C@@H]2[C@H](O1)[C@@H](CCO)O[C@H]2n1cnc2c(N)ncnc21. The van der Waals surface area contributed by atoms with Gasteiger partial charge in [0.05, 0.1) is 12.4 Å². The molecule has 0 aromatic carbocycles. The Hall–Kier alpha value is -1.81. The summed E-state index contributed by atoms with van der Waals surface area (Å²) in [6, 6.07) is 0. The van der Waals surface area contributed by atoms with Crippen LogP contribution in [0.5, 0.6) is 0 Å². The van der Waals surface area contributed by atoms with Crippen LogP contribution in [0.1, 0.15) is 26.5 Å². The van der Waals surface area contributed by atoms with Crippen molar-refractivity contribution in [2.45, 2.75) is 50.6 Å². The van der Waals surface area contributed by atoms with Crippen molar-refractivity contribution in [1.29, 1.82) is 0 Å². The van der Waals surface area contributed by atoms with Gasteiger partial charge in [-0.3, -0.25) is 4.57 Å². The molecule has 3 N–H and O–H groups in total. The molecule has 9 heteroatoms. The minimum Gasteiger partial charge on any atom is -0.396 e. The Bertz CT molecular complexity index is 733. The lowest BCUT2D eigenvalue weighted by Gasteiger charge is -2.24. The molecule has 4 rings (SSSR count). The molecule has 0 bridgehead atoms.